The van der Waals surface area contributed by atoms with E-state index in [9.17, 15) is 5.11 Å². The van der Waals surface area contributed by atoms with E-state index < -0.39 is 0 Å². The molecule has 0 amide bonds. The molecule has 1 aliphatic rings. The van der Waals surface area contributed by atoms with Crippen molar-refractivity contribution in [2.45, 2.75) is 25.1 Å². The third-order valence-electron chi connectivity index (χ3n) is 2.86. The summed E-state index contributed by atoms with van der Waals surface area (Å²) in [4.78, 5) is 0. The number of benzene rings is 1. The fourth-order valence-corrected chi connectivity index (χ4v) is 1.90. The Labute approximate surface area is 90.5 Å². The number of hydrogen-bond acceptors (Lipinski definition) is 3. The van der Waals surface area contributed by atoms with Gasteiger partial charge < -0.3 is 15.7 Å². The standard InChI is InChI=1S/C12H18N2O/c15-12-6-7-13-9-11(12)14-8-10-4-2-1-3-5-10/h1-5,11-15H,6-9H2. The summed E-state index contributed by atoms with van der Waals surface area (Å²) >= 11 is 0. The zero-order valence-corrected chi connectivity index (χ0v) is 8.82. The van der Waals surface area contributed by atoms with Gasteiger partial charge in [0.25, 0.3) is 0 Å². The molecule has 3 N–H and O–H groups in total. The zero-order chi connectivity index (χ0) is 10.5. The van der Waals surface area contributed by atoms with Gasteiger partial charge in [-0.2, -0.15) is 0 Å². The van der Waals surface area contributed by atoms with Gasteiger partial charge in [0.2, 0.25) is 0 Å². The predicted octanol–water partition coefficient (Wildman–Crippen LogP) is 0.499. The normalized spacial score (nSPS) is 26.5. The lowest BCUT2D eigenvalue weighted by molar-refractivity contribution is 0.0985. The number of aliphatic hydroxyl groups excluding tert-OH is 1. The molecular formula is C12H18N2O. The minimum absolute atomic E-state index is 0.180. The number of nitrogens with one attached hydrogen (secondary N) is 2. The van der Waals surface area contributed by atoms with Crippen LogP contribution in [-0.4, -0.2) is 30.3 Å². The summed E-state index contributed by atoms with van der Waals surface area (Å²) in [5.41, 5.74) is 1.26. The van der Waals surface area contributed by atoms with E-state index in [0.29, 0.717) is 0 Å². The Balaban J connectivity index is 1.82. The van der Waals surface area contributed by atoms with Crippen LogP contribution in [0.15, 0.2) is 30.3 Å². The minimum atomic E-state index is -0.213. The highest BCUT2D eigenvalue weighted by molar-refractivity contribution is 5.14. The van der Waals surface area contributed by atoms with E-state index >= 15 is 0 Å². The first-order valence-corrected chi connectivity index (χ1v) is 5.52. The van der Waals surface area contributed by atoms with E-state index in [1.807, 2.05) is 18.2 Å². The largest absolute Gasteiger partial charge is 0.391 e. The van der Waals surface area contributed by atoms with Gasteiger partial charge in [0, 0.05) is 19.1 Å². The van der Waals surface area contributed by atoms with Crippen molar-refractivity contribution in [3.05, 3.63) is 35.9 Å². The molecule has 0 saturated carbocycles. The van der Waals surface area contributed by atoms with Crippen LogP contribution in [0.4, 0.5) is 0 Å². The first-order chi connectivity index (χ1) is 7.36. The van der Waals surface area contributed by atoms with Gasteiger partial charge in [-0.1, -0.05) is 30.3 Å². The van der Waals surface area contributed by atoms with E-state index in [1.165, 1.54) is 5.56 Å². The molecule has 2 rings (SSSR count). The zero-order valence-electron chi connectivity index (χ0n) is 8.82. The molecule has 0 bridgehead atoms. The first kappa shape index (κ1) is 10.6. The Morgan fingerprint density at radius 1 is 1.33 bits per heavy atom. The summed E-state index contributed by atoms with van der Waals surface area (Å²) in [6.45, 7) is 2.60. The maximum atomic E-state index is 9.74. The predicted molar refractivity (Wildman–Crippen MR) is 60.6 cm³/mol. The number of piperidine rings is 1. The van der Waals surface area contributed by atoms with Crippen molar-refractivity contribution in [2.24, 2.45) is 0 Å². The molecule has 3 heteroatoms. The van der Waals surface area contributed by atoms with E-state index in [4.69, 9.17) is 0 Å². The molecule has 0 aromatic heterocycles. The van der Waals surface area contributed by atoms with Gasteiger partial charge in [-0.25, -0.2) is 0 Å². The van der Waals surface area contributed by atoms with Crippen LogP contribution in [0.25, 0.3) is 0 Å². The summed E-state index contributed by atoms with van der Waals surface area (Å²) in [7, 11) is 0. The van der Waals surface area contributed by atoms with Crippen molar-refractivity contribution in [2.75, 3.05) is 13.1 Å². The molecule has 15 heavy (non-hydrogen) atoms. The van der Waals surface area contributed by atoms with Gasteiger partial charge in [-0.3, -0.25) is 0 Å². The van der Waals surface area contributed by atoms with E-state index in [1.54, 1.807) is 0 Å². The average Bonchev–Trinajstić information content (AvgIpc) is 2.29. The van der Waals surface area contributed by atoms with Gasteiger partial charge in [-0.15, -0.1) is 0 Å². The van der Waals surface area contributed by atoms with Crippen molar-refractivity contribution in [3.63, 3.8) is 0 Å². The van der Waals surface area contributed by atoms with Gasteiger partial charge in [0.1, 0.15) is 0 Å². The Morgan fingerprint density at radius 3 is 2.87 bits per heavy atom. The summed E-state index contributed by atoms with van der Waals surface area (Å²) in [5.74, 6) is 0. The number of rotatable bonds is 3. The molecular weight excluding hydrogens is 188 g/mol. The monoisotopic (exact) mass is 206 g/mol. The molecule has 1 fully saturated rings. The van der Waals surface area contributed by atoms with Crippen LogP contribution in [0.5, 0.6) is 0 Å². The molecule has 2 unspecified atom stereocenters. The fourth-order valence-electron chi connectivity index (χ4n) is 1.90. The van der Waals surface area contributed by atoms with Crippen LogP contribution >= 0.6 is 0 Å². The molecule has 82 valence electrons. The second kappa shape index (κ2) is 5.26. The number of hydrogen-bond donors (Lipinski definition) is 3. The van der Waals surface area contributed by atoms with E-state index in [0.717, 1.165) is 26.1 Å². The summed E-state index contributed by atoms with van der Waals surface area (Å²) < 4.78 is 0. The smallest absolute Gasteiger partial charge is 0.0717 e. The first-order valence-electron chi connectivity index (χ1n) is 5.52. The second-order valence-electron chi connectivity index (χ2n) is 4.03. The summed E-state index contributed by atoms with van der Waals surface area (Å²) in [6.07, 6.45) is 0.627. The topological polar surface area (TPSA) is 44.3 Å². The molecule has 1 heterocycles. The lowest BCUT2D eigenvalue weighted by Gasteiger charge is -2.29. The highest BCUT2D eigenvalue weighted by atomic mass is 16.3. The van der Waals surface area contributed by atoms with Crippen molar-refractivity contribution in [3.8, 4) is 0 Å². The van der Waals surface area contributed by atoms with E-state index in [-0.39, 0.29) is 12.1 Å². The Hall–Kier alpha value is -0.900. The molecule has 1 aromatic rings. The summed E-state index contributed by atoms with van der Waals surface area (Å²) in [6, 6.07) is 10.4. The third-order valence-corrected chi connectivity index (χ3v) is 2.86. The molecule has 3 nitrogen and oxygen atoms in total. The Bertz CT molecular complexity index is 289. The third kappa shape index (κ3) is 3.02. The van der Waals surface area contributed by atoms with Crippen LogP contribution in [0.3, 0.4) is 0 Å². The highest BCUT2D eigenvalue weighted by Crippen LogP contribution is 2.05. The molecule has 1 aliphatic heterocycles. The fraction of sp³-hybridized carbons (Fsp3) is 0.500. The second-order valence-corrected chi connectivity index (χ2v) is 4.03. The van der Waals surface area contributed by atoms with Gasteiger partial charge in [0.05, 0.1) is 6.10 Å². The van der Waals surface area contributed by atoms with Crippen LogP contribution < -0.4 is 10.6 Å². The van der Waals surface area contributed by atoms with Crippen LogP contribution in [-0.2, 0) is 6.54 Å². The molecule has 0 radical (unpaired) electrons. The maximum absolute atomic E-state index is 9.74. The van der Waals surface area contributed by atoms with Crippen LogP contribution in [0.1, 0.15) is 12.0 Å². The lowest BCUT2D eigenvalue weighted by Crippen LogP contribution is -2.51. The van der Waals surface area contributed by atoms with Gasteiger partial charge >= 0.3 is 0 Å². The van der Waals surface area contributed by atoms with Crippen LogP contribution in [0.2, 0.25) is 0 Å². The number of aliphatic hydroxyl groups is 1. The molecule has 0 aliphatic carbocycles. The minimum Gasteiger partial charge on any atom is -0.391 e. The van der Waals surface area contributed by atoms with Crippen molar-refractivity contribution < 1.29 is 5.11 Å². The SMILES string of the molecule is OC1CCNCC1NCc1ccccc1. The lowest BCUT2D eigenvalue weighted by atomic mass is 10.0. The van der Waals surface area contributed by atoms with Crippen molar-refractivity contribution in [1.29, 1.82) is 0 Å². The average molecular weight is 206 g/mol. The molecule has 2 atom stereocenters. The summed E-state index contributed by atoms with van der Waals surface area (Å²) in [5, 5.41) is 16.4. The van der Waals surface area contributed by atoms with Crippen molar-refractivity contribution >= 4 is 0 Å². The van der Waals surface area contributed by atoms with E-state index in [2.05, 4.69) is 22.8 Å². The Kier molecular flexibility index (Phi) is 3.72. The highest BCUT2D eigenvalue weighted by Gasteiger charge is 2.21. The molecule has 0 spiro atoms. The van der Waals surface area contributed by atoms with Crippen LogP contribution in [0, 0.1) is 0 Å². The van der Waals surface area contributed by atoms with Crippen molar-refractivity contribution in [1.82, 2.24) is 10.6 Å². The molecule has 1 saturated heterocycles. The van der Waals surface area contributed by atoms with Gasteiger partial charge in [-0.05, 0) is 18.5 Å². The molecule has 1 aromatic carbocycles. The Morgan fingerprint density at radius 2 is 2.13 bits per heavy atom. The maximum Gasteiger partial charge on any atom is 0.0717 e. The quantitative estimate of drug-likeness (QED) is 0.675. The van der Waals surface area contributed by atoms with Gasteiger partial charge in [0.15, 0.2) is 0 Å².